The Kier molecular flexibility index (Phi) is 5.96. The maximum atomic E-state index is 13.2. The van der Waals surface area contributed by atoms with Crippen molar-refractivity contribution >= 4 is 28.1 Å². The lowest BCUT2D eigenvalue weighted by Crippen LogP contribution is -2.61. The number of hydrogen-bond donors (Lipinski definition) is 0. The van der Waals surface area contributed by atoms with Gasteiger partial charge in [-0.2, -0.15) is 13.9 Å². The summed E-state index contributed by atoms with van der Waals surface area (Å²) in [7, 11) is 0. The molecule has 3 aromatic rings. The van der Waals surface area contributed by atoms with Crippen LogP contribution in [0, 0.1) is 0 Å². The van der Waals surface area contributed by atoms with Crippen LogP contribution in [0.3, 0.4) is 0 Å². The van der Waals surface area contributed by atoms with Crippen molar-refractivity contribution in [2.45, 2.75) is 31.4 Å². The SMILES string of the molecule is FC(F)Oc1ccc(Cl)cc1-c1nc(N2CCC(N3CC(F)(F)C3)CC2)sc1-n1cccn1. The average Bonchev–Trinajstić information content (AvgIpc) is 3.43. The molecule has 2 aliphatic rings. The number of benzene rings is 1. The molecular formula is C21H20ClF4N5OS. The van der Waals surface area contributed by atoms with E-state index in [2.05, 4.69) is 10.00 Å². The highest BCUT2D eigenvalue weighted by atomic mass is 35.5. The summed E-state index contributed by atoms with van der Waals surface area (Å²) in [6, 6.07) is 6.30. The van der Waals surface area contributed by atoms with Crippen molar-refractivity contribution in [2.75, 3.05) is 31.1 Å². The Hall–Kier alpha value is -2.37. The zero-order chi connectivity index (χ0) is 23.2. The van der Waals surface area contributed by atoms with Crippen LogP contribution in [0.2, 0.25) is 5.02 Å². The van der Waals surface area contributed by atoms with Crippen LogP contribution in [0.25, 0.3) is 16.3 Å². The fourth-order valence-electron chi connectivity index (χ4n) is 4.27. The van der Waals surface area contributed by atoms with Crippen LogP contribution in [-0.4, -0.2) is 64.4 Å². The number of thiazole rings is 1. The van der Waals surface area contributed by atoms with Gasteiger partial charge in [0.1, 0.15) is 16.4 Å². The summed E-state index contributed by atoms with van der Waals surface area (Å²) in [6.07, 6.45) is 4.86. The van der Waals surface area contributed by atoms with Crippen LogP contribution in [0.1, 0.15) is 12.8 Å². The standard InChI is InChI=1S/C21H20ClF4N5OS/c22-13-2-3-16(32-19(23)24)15(10-13)17-18(31-7-1-6-27-31)33-20(28-17)29-8-4-14(5-9-29)30-11-21(25,26)12-30/h1-3,6-7,10,14,19H,4-5,8-9,11-12H2. The summed E-state index contributed by atoms with van der Waals surface area (Å²) < 4.78 is 58.9. The van der Waals surface area contributed by atoms with Gasteiger partial charge < -0.3 is 9.64 Å². The molecule has 1 aromatic carbocycles. The van der Waals surface area contributed by atoms with E-state index in [4.69, 9.17) is 21.3 Å². The highest BCUT2D eigenvalue weighted by Gasteiger charge is 2.47. The third kappa shape index (κ3) is 4.67. The molecule has 176 valence electrons. The lowest BCUT2D eigenvalue weighted by Gasteiger charge is -2.46. The molecule has 12 heteroatoms. The predicted octanol–water partition coefficient (Wildman–Crippen LogP) is 5.17. The summed E-state index contributed by atoms with van der Waals surface area (Å²) in [5.41, 5.74) is 0.773. The molecule has 0 amide bonds. The molecule has 0 saturated carbocycles. The molecule has 0 aliphatic carbocycles. The number of aromatic nitrogens is 3. The topological polar surface area (TPSA) is 46.4 Å². The second-order valence-corrected chi connectivity index (χ2v) is 9.49. The molecule has 2 aromatic heterocycles. The highest BCUT2D eigenvalue weighted by molar-refractivity contribution is 7.18. The van der Waals surface area contributed by atoms with E-state index in [0.29, 0.717) is 39.5 Å². The predicted molar refractivity (Wildman–Crippen MR) is 118 cm³/mol. The maximum absolute atomic E-state index is 13.2. The molecule has 0 atom stereocenters. The molecule has 0 spiro atoms. The number of alkyl halides is 4. The van der Waals surface area contributed by atoms with E-state index in [1.54, 1.807) is 29.2 Å². The normalized spacial score (nSPS) is 19.2. The van der Waals surface area contributed by atoms with E-state index in [1.165, 1.54) is 23.5 Å². The Morgan fingerprint density at radius 2 is 1.94 bits per heavy atom. The van der Waals surface area contributed by atoms with E-state index in [9.17, 15) is 17.6 Å². The molecule has 0 unspecified atom stereocenters. The summed E-state index contributed by atoms with van der Waals surface area (Å²) in [5.74, 6) is -2.60. The lowest BCUT2D eigenvalue weighted by atomic mass is 9.98. The number of hydrogen-bond acceptors (Lipinski definition) is 6. The zero-order valence-electron chi connectivity index (χ0n) is 17.3. The molecular weight excluding hydrogens is 482 g/mol. The van der Waals surface area contributed by atoms with Gasteiger partial charge in [0.15, 0.2) is 5.13 Å². The minimum absolute atomic E-state index is 0.0305. The van der Waals surface area contributed by atoms with Crippen LogP contribution in [0.4, 0.5) is 22.7 Å². The van der Waals surface area contributed by atoms with E-state index < -0.39 is 12.5 Å². The summed E-state index contributed by atoms with van der Waals surface area (Å²) >= 11 is 7.54. The van der Waals surface area contributed by atoms with E-state index >= 15 is 0 Å². The van der Waals surface area contributed by atoms with E-state index in [0.717, 1.165) is 12.8 Å². The molecule has 2 saturated heterocycles. The Labute approximate surface area is 196 Å². The van der Waals surface area contributed by atoms with Gasteiger partial charge in [-0.25, -0.2) is 18.4 Å². The quantitative estimate of drug-likeness (QED) is 0.436. The van der Waals surface area contributed by atoms with Gasteiger partial charge in [0, 0.05) is 42.1 Å². The molecule has 0 N–H and O–H groups in total. The van der Waals surface area contributed by atoms with Gasteiger partial charge in [-0.3, -0.25) is 4.90 Å². The number of likely N-dealkylation sites (tertiary alicyclic amines) is 1. The minimum Gasteiger partial charge on any atom is -0.434 e. The van der Waals surface area contributed by atoms with Gasteiger partial charge in [-0.05, 0) is 37.1 Å². The first-order chi connectivity index (χ1) is 15.8. The maximum Gasteiger partial charge on any atom is 0.387 e. The second kappa shape index (κ2) is 8.77. The van der Waals surface area contributed by atoms with Crippen LogP contribution in [0.5, 0.6) is 5.75 Å². The van der Waals surface area contributed by atoms with Gasteiger partial charge in [0.05, 0.1) is 13.1 Å². The fraction of sp³-hybridized carbons (Fsp3) is 0.429. The number of rotatable bonds is 6. The number of nitrogens with zero attached hydrogens (tertiary/aromatic N) is 5. The van der Waals surface area contributed by atoms with Crippen LogP contribution >= 0.6 is 22.9 Å². The van der Waals surface area contributed by atoms with Crippen molar-refractivity contribution in [3.63, 3.8) is 0 Å². The molecule has 0 radical (unpaired) electrons. The minimum atomic E-state index is -3.00. The Bertz CT molecular complexity index is 1110. The number of anilines is 1. The highest BCUT2D eigenvalue weighted by Crippen LogP contribution is 2.42. The number of piperidine rings is 1. The van der Waals surface area contributed by atoms with Gasteiger partial charge in [0.2, 0.25) is 0 Å². The summed E-state index contributed by atoms with van der Waals surface area (Å²) in [6.45, 7) is -2.03. The van der Waals surface area contributed by atoms with Crippen molar-refractivity contribution in [1.29, 1.82) is 0 Å². The average molecular weight is 502 g/mol. The van der Waals surface area contributed by atoms with Crippen LogP contribution in [0.15, 0.2) is 36.7 Å². The largest absolute Gasteiger partial charge is 0.434 e. The molecule has 2 fully saturated rings. The molecule has 2 aliphatic heterocycles. The number of halogens is 5. The Morgan fingerprint density at radius 3 is 2.58 bits per heavy atom. The summed E-state index contributed by atoms with van der Waals surface area (Å²) in [4.78, 5) is 8.69. The van der Waals surface area contributed by atoms with Crippen LogP contribution in [-0.2, 0) is 0 Å². The van der Waals surface area contributed by atoms with Gasteiger partial charge >= 0.3 is 6.61 Å². The van der Waals surface area contributed by atoms with Crippen molar-refractivity contribution in [3.05, 3.63) is 41.7 Å². The Morgan fingerprint density at radius 1 is 1.18 bits per heavy atom. The number of ether oxygens (including phenoxy) is 1. The monoisotopic (exact) mass is 501 g/mol. The van der Waals surface area contributed by atoms with Crippen molar-refractivity contribution < 1.29 is 22.3 Å². The molecule has 4 heterocycles. The van der Waals surface area contributed by atoms with Crippen molar-refractivity contribution in [3.8, 4) is 22.0 Å². The molecule has 6 nitrogen and oxygen atoms in total. The first kappa shape index (κ1) is 22.4. The summed E-state index contributed by atoms with van der Waals surface area (Å²) in [5, 5.41) is 5.98. The van der Waals surface area contributed by atoms with Gasteiger partial charge in [-0.1, -0.05) is 22.9 Å². The van der Waals surface area contributed by atoms with E-state index in [-0.39, 0.29) is 24.9 Å². The third-order valence-corrected chi connectivity index (χ3v) is 7.18. The lowest BCUT2D eigenvalue weighted by molar-refractivity contribution is -0.148. The Balaban J connectivity index is 1.44. The van der Waals surface area contributed by atoms with Crippen molar-refractivity contribution in [1.82, 2.24) is 19.7 Å². The zero-order valence-corrected chi connectivity index (χ0v) is 18.9. The van der Waals surface area contributed by atoms with Crippen molar-refractivity contribution in [2.24, 2.45) is 0 Å². The molecule has 33 heavy (non-hydrogen) atoms. The fourth-order valence-corrected chi connectivity index (χ4v) is 5.52. The second-order valence-electron chi connectivity index (χ2n) is 8.10. The van der Waals surface area contributed by atoms with Gasteiger partial charge in [-0.15, -0.1) is 0 Å². The first-order valence-electron chi connectivity index (χ1n) is 10.4. The van der Waals surface area contributed by atoms with Gasteiger partial charge in [0.25, 0.3) is 5.92 Å². The first-order valence-corrected chi connectivity index (χ1v) is 11.6. The van der Waals surface area contributed by atoms with E-state index in [1.807, 2.05) is 4.90 Å². The molecule has 0 bridgehead atoms. The third-order valence-electron chi connectivity index (χ3n) is 5.84. The molecule has 5 rings (SSSR count). The van der Waals surface area contributed by atoms with Crippen LogP contribution < -0.4 is 9.64 Å². The smallest absolute Gasteiger partial charge is 0.387 e.